The van der Waals surface area contributed by atoms with Gasteiger partial charge in [-0.25, -0.2) is 9.97 Å². The standard InChI is InChI=1S/C12H13N5O/c1-8-11-3-9(4-15-12(11)17(2)16-8)14-6-10-5-13-7-18-10/h3-5,7,14H,6H2,1-2H3. The Balaban J connectivity index is 1.87. The number of aromatic nitrogens is 4. The van der Waals surface area contributed by atoms with Gasteiger partial charge in [0.1, 0.15) is 5.76 Å². The third kappa shape index (κ3) is 1.81. The van der Waals surface area contributed by atoms with E-state index in [0.29, 0.717) is 6.54 Å². The normalized spacial score (nSPS) is 11.0. The SMILES string of the molecule is Cc1nn(C)c2ncc(NCc3cnco3)cc12. The highest BCUT2D eigenvalue weighted by Crippen LogP contribution is 2.19. The zero-order chi connectivity index (χ0) is 12.5. The van der Waals surface area contributed by atoms with Gasteiger partial charge in [-0.1, -0.05) is 0 Å². The smallest absolute Gasteiger partial charge is 0.180 e. The van der Waals surface area contributed by atoms with Crippen LogP contribution in [0, 0.1) is 6.92 Å². The fourth-order valence-electron chi connectivity index (χ4n) is 1.92. The summed E-state index contributed by atoms with van der Waals surface area (Å²) in [6, 6.07) is 2.04. The molecule has 0 saturated carbocycles. The molecule has 0 saturated heterocycles. The van der Waals surface area contributed by atoms with Crippen molar-refractivity contribution in [3.05, 3.63) is 36.3 Å². The largest absolute Gasteiger partial charge is 0.447 e. The van der Waals surface area contributed by atoms with Gasteiger partial charge >= 0.3 is 0 Å². The second-order valence-corrected chi connectivity index (χ2v) is 4.13. The lowest BCUT2D eigenvalue weighted by atomic mass is 10.2. The molecule has 18 heavy (non-hydrogen) atoms. The minimum absolute atomic E-state index is 0.590. The molecular formula is C12H13N5O. The molecule has 6 nitrogen and oxygen atoms in total. The highest BCUT2D eigenvalue weighted by Gasteiger charge is 2.07. The number of anilines is 1. The summed E-state index contributed by atoms with van der Waals surface area (Å²) in [6.07, 6.45) is 4.90. The Morgan fingerprint density at radius 1 is 1.39 bits per heavy atom. The Bertz CT molecular complexity index is 671. The lowest BCUT2D eigenvalue weighted by Gasteiger charge is -2.03. The lowest BCUT2D eigenvalue weighted by molar-refractivity contribution is 0.511. The second kappa shape index (κ2) is 4.14. The number of fused-ring (bicyclic) bond motifs is 1. The molecule has 0 aliphatic heterocycles. The van der Waals surface area contributed by atoms with Gasteiger partial charge in [0.05, 0.1) is 30.3 Å². The van der Waals surface area contributed by atoms with Crippen LogP contribution >= 0.6 is 0 Å². The van der Waals surface area contributed by atoms with Crippen LogP contribution < -0.4 is 5.32 Å². The average molecular weight is 243 g/mol. The average Bonchev–Trinajstić information content (AvgIpc) is 2.97. The molecule has 0 aromatic carbocycles. The first kappa shape index (κ1) is 10.8. The number of hydrogen-bond acceptors (Lipinski definition) is 5. The first-order chi connectivity index (χ1) is 8.74. The maximum Gasteiger partial charge on any atom is 0.180 e. The maximum absolute atomic E-state index is 5.16. The Morgan fingerprint density at radius 2 is 2.28 bits per heavy atom. The second-order valence-electron chi connectivity index (χ2n) is 4.13. The fraction of sp³-hybridized carbons (Fsp3) is 0.250. The molecule has 0 unspecified atom stereocenters. The zero-order valence-electron chi connectivity index (χ0n) is 10.2. The topological polar surface area (TPSA) is 68.8 Å². The molecule has 3 aromatic heterocycles. The predicted molar refractivity (Wildman–Crippen MR) is 67.1 cm³/mol. The van der Waals surface area contributed by atoms with Gasteiger partial charge in [-0.15, -0.1) is 0 Å². The number of hydrogen-bond donors (Lipinski definition) is 1. The van der Waals surface area contributed by atoms with E-state index >= 15 is 0 Å². The first-order valence-electron chi connectivity index (χ1n) is 5.64. The van der Waals surface area contributed by atoms with Crippen LogP contribution in [-0.4, -0.2) is 19.7 Å². The summed E-state index contributed by atoms with van der Waals surface area (Å²) in [5, 5.41) is 8.64. The summed E-state index contributed by atoms with van der Waals surface area (Å²) in [4.78, 5) is 8.26. The summed E-state index contributed by atoms with van der Waals surface area (Å²) < 4.78 is 6.94. The van der Waals surface area contributed by atoms with E-state index in [9.17, 15) is 0 Å². The minimum atomic E-state index is 0.590. The Labute approximate surface area is 104 Å². The number of nitrogens with one attached hydrogen (secondary N) is 1. The quantitative estimate of drug-likeness (QED) is 0.760. The summed E-state index contributed by atoms with van der Waals surface area (Å²) in [7, 11) is 1.89. The van der Waals surface area contributed by atoms with Crippen molar-refractivity contribution >= 4 is 16.7 Å². The number of rotatable bonds is 3. The van der Waals surface area contributed by atoms with Gasteiger partial charge in [0, 0.05) is 12.4 Å². The zero-order valence-corrected chi connectivity index (χ0v) is 10.2. The van der Waals surface area contributed by atoms with Crippen LogP contribution in [0.2, 0.25) is 0 Å². The molecule has 0 amide bonds. The van der Waals surface area contributed by atoms with Crippen LogP contribution in [0.3, 0.4) is 0 Å². The molecule has 0 spiro atoms. The van der Waals surface area contributed by atoms with Gasteiger partial charge in [-0.3, -0.25) is 4.68 Å². The van der Waals surface area contributed by atoms with E-state index in [-0.39, 0.29) is 0 Å². The molecule has 6 heteroatoms. The van der Waals surface area contributed by atoms with E-state index in [2.05, 4.69) is 20.4 Å². The number of oxazole rings is 1. The van der Waals surface area contributed by atoms with Crippen LogP contribution in [0.1, 0.15) is 11.5 Å². The van der Waals surface area contributed by atoms with E-state index in [0.717, 1.165) is 28.2 Å². The van der Waals surface area contributed by atoms with Crippen molar-refractivity contribution in [1.29, 1.82) is 0 Å². The molecule has 0 bridgehead atoms. The van der Waals surface area contributed by atoms with Crippen molar-refractivity contribution in [3.8, 4) is 0 Å². The number of pyridine rings is 1. The van der Waals surface area contributed by atoms with E-state index < -0.39 is 0 Å². The van der Waals surface area contributed by atoms with E-state index in [4.69, 9.17) is 4.42 Å². The minimum Gasteiger partial charge on any atom is -0.447 e. The first-order valence-corrected chi connectivity index (χ1v) is 5.64. The van der Waals surface area contributed by atoms with Gasteiger partial charge < -0.3 is 9.73 Å². The molecule has 0 atom stereocenters. The maximum atomic E-state index is 5.16. The van der Waals surface area contributed by atoms with Crippen molar-refractivity contribution in [1.82, 2.24) is 19.7 Å². The summed E-state index contributed by atoms with van der Waals surface area (Å²) in [5.74, 6) is 0.790. The third-order valence-electron chi connectivity index (χ3n) is 2.81. The van der Waals surface area contributed by atoms with Crippen LogP contribution in [0.4, 0.5) is 5.69 Å². The molecule has 0 aliphatic rings. The van der Waals surface area contributed by atoms with Crippen molar-refractivity contribution < 1.29 is 4.42 Å². The van der Waals surface area contributed by atoms with Gasteiger partial charge in [0.2, 0.25) is 0 Å². The van der Waals surface area contributed by atoms with Crippen LogP contribution in [0.5, 0.6) is 0 Å². The summed E-state index contributed by atoms with van der Waals surface area (Å²) >= 11 is 0. The van der Waals surface area contributed by atoms with E-state index in [1.165, 1.54) is 6.39 Å². The Hall–Kier alpha value is -2.37. The highest BCUT2D eigenvalue weighted by atomic mass is 16.3. The molecule has 0 aliphatic carbocycles. The molecular weight excluding hydrogens is 230 g/mol. The van der Waals surface area contributed by atoms with Crippen molar-refractivity contribution in [3.63, 3.8) is 0 Å². The molecule has 3 rings (SSSR count). The summed E-state index contributed by atoms with van der Waals surface area (Å²) in [5.41, 5.74) is 2.80. The Kier molecular flexibility index (Phi) is 2.47. The molecule has 1 N–H and O–H groups in total. The molecule has 92 valence electrons. The van der Waals surface area contributed by atoms with E-state index in [1.54, 1.807) is 17.1 Å². The molecule has 3 aromatic rings. The van der Waals surface area contributed by atoms with Crippen LogP contribution in [-0.2, 0) is 13.6 Å². The lowest BCUT2D eigenvalue weighted by Crippen LogP contribution is -1.99. The monoisotopic (exact) mass is 243 g/mol. The van der Waals surface area contributed by atoms with E-state index in [1.807, 2.05) is 20.0 Å². The van der Waals surface area contributed by atoms with Crippen LogP contribution in [0.15, 0.2) is 29.3 Å². The van der Waals surface area contributed by atoms with Crippen molar-refractivity contribution in [2.45, 2.75) is 13.5 Å². The Morgan fingerprint density at radius 3 is 3.06 bits per heavy atom. The molecule has 0 radical (unpaired) electrons. The third-order valence-corrected chi connectivity index (χ3v) is 2.81. The molecule has 3 heterocycles. The molecule has 0 fully saturated rings. The number of nitrogens with zero attached hydrogens (tertiary/aromatic N) is 4. The van der Waals surface area contributed by atoms with Crippen molar-refractivity contribution in [2.24, 2.45) is 7.05 Å². The van der Waals surface area contributed by atoms with Gasteiger partial charge in [0.15, 0.2) is 12.0 Å². The van der Waals surface area contributed by atoms with Gasteiger partial charge in [-0.05, 0) is 13.0 Å². The highest BCUT2D eigenvalue weighted by molar-refractivity contribution is 5.81. The van der Waals surface area contributed by atoms with Crippen LogP contribution in [0.25, 0.3) is 11.0 Å². The predicted octanol–water partition coefficient (Wildman–Crippen LogP) is 1.88. The van der Waals surface area contributed by atoms with Gasteiger partial charge in [-0.2, -0.15) is 5.10 Å². The van der Waals surface area contributed by atoms with Gasteiger partial charge in [0.25, 0.3) is 0 Å². The number of aryl methyl sites for hydroxylation is 2. The summed E-state index contributed by atoms with van der Waals surface area (Å²) in [6.45, 7) is 2.57. The van der Waals surface area contributed by atoms with Crippen molar-refractivity contribution in [2.75, 3.05) is 5.32 Å². The fourth-order valence-corrected chi connectivity index (χ4v) is 1.92.